The highest BCUT2D eigenvalue weighted by atomic mass is 16.5. The van der Waals surface area contributed by atoms with Gasteiger partial charge in [0.05, 0.1) is 7.11 Å². The molecule has 1 N–H and O–H groups in total. The summed E-state index contributed by atoms with van der Waals surface area (Å²) in [6, 6.07) is 5.95. The van der Waals surface area contributed by atoms with E-state index in [1.807, 2.05) is 18.2 Å². The Morgan fingerprint density at radius 2 is 2.12 bits per heavy atom. The predicted molar refractivity (Wildman–Crippen MR) is 65.4 cm³/mol. The predicted octanol–water partition coefficient (Wildman–Crippen LogP) is 2.24. The van der Waals surface area contributed by atoms with E-state index in [0.29, 0.717) is 5.92 Å². The molecular weight excluding hydrogens is 214 g/mol. The maximum Gasteiger partial charge on any atom is 0.251 e. The van der Waals surface area contributed by atoms with Gasteiger partial charge in [-0.2, -0.15) is 0 Å². The lowest BCUT2D eigenvalue weighted by Crippen LogP contribution is -2.44. The number of methoxy groups -OCH3 is 1. The summed E-state index contributed by atoms with van der Waals surface area (Å²) in [5.41, 5.74) is 1.92. The van der Waals surface area contributed by atoms with Crippen molar-refractivity contribution in [3.8, 4) is 5.75 Å². The Morgan fingerprint density at radius 1 is 1.29 bits per heavy atom. The molecule has 3 heteroatoms. The Bertz CT molecular complexity index is 493. The van der Waals surface area contributed by atoms with Crippen molar-refractivity contribution in [2.75, 3.05) is 7.11 Å². The van der Waals surface area contributed by atoms with E-state index in [4.69, 9.17) is 4.74 Å². The number of nitrogens with one attached hydrogen (secondary N) is 1. The number of hydrogen-bond donors (Lipinski definition) is 1. The number of hydrogen-bond acceptors (Lipinski definition) is 2. The third-order valence-electron chi connectivity index (χ3n) is 3.65. The van der Waals surface area contributed by atoms with Gasteiger partial charge in [-0.15, -0.1) is 0 Å². The van der Waals surface area contributed by atoms with Crippen LogP contribution in [0.4, 0.5) is 0 Å². The Hall–Kier alpha value is -1.77. The second-order valence-electron chi connectivity index (χ2n) is 4.58. The molecule has 17 heavy (non-hydrogen) atoms. The molecule has 3 nitrogen and oxygen atoms in total. The van der Waals surface area contributed by atoms with Crippen LogP contribution in [0.2, 0.25) is 0 Å². The molecular formula is C14H15NO2. The molecule has 0 spiro atoms. The third-order valence-corrected chi connectivity index (χ3v) is 3.65. The fourth-order valence-corrected chi connectivity index (χ4v) is 2.74. The molecule has 0 bridgehead atoms. The maximum absolute atomic E-state index is 12.0. The summed E-state index contributed by atoms with van der Waals surface area (Å²) < 4.78 is 5.25. The number of carbonyl (C=O) groups is 1. The quantitative estimate of drug-likeness (QED) is 0.750. The van der Waals surface area contributed by atoms with Gasteiger partial charge in [0, 0.05) is 17.5 Å². The summed E-state index contributed by atoms with van der Waals surface area (Å²) in [5, 5.41) is 3.08. The lowest BCUT2D eigenvalue weighted by Gasteiger charge is -2.35. The smallest absolute Gasteiger partial charge is 0.251 e. The van der Waals surface area contributed by atoms with Gasteiger partial charge in [0.15, 0.2) is 0 Å². The average Bonchev–Trinajstić information content (AvgIpc) is 2.38. The van der Waals surface area contributed by atoms with Crippen molar-refractivity contribution in [2.24, 2.45) is 0 Å². The SMILES string of the molecule is COc1ccc2c(c1)[C@@H]1CC=CC[C@H]1NC2=O. The third kappa shape index (κ3) is 1.62. The molecule has 0 radical (unpaired) electrons. The maximum atomic E-state index is 12.0. The summed E-state index contributed by atoms with van der Waals surface area (Å²) in [6.07, 6.45) is 6.26. The lowest BCUT2D eigenvalue weighted by atomic mass is 9.78. The normalized spacial score (nSPS) is 25.8. The van der Waals surface area contributed by atoms with Crippen molar-refractivity contribution in [1.82, 2.24) is 5.32 Å². The van der Waals surface area contributed by atoms with Crippen LogP contribution in [0.5, 0.6) is 5.75 Å². The number of allylic oxidation sites excluding steroid dienone is 1. The first-order valence-corrected chi connectivity index (χ1v) is 5.93. The first kappa shape index (κ1) is 10.4. The van der Waals surface area contributed by atoms with Crippen molar-refractivity contribution in [3.05, 3.63) is 41.5 Å². The van der Waals surface area contributed by atoms with Gasteiger partial charge in [-0.1, -0.05) is 12.2 Å². The second-order valence-corrected chi connectivity index (χ2v) is 4.58. The van der Waals surface area contributed by atoms with E-state index in [1.54, 1.807) is 7.11 Å². The van der Waals surface area contributed by atoms with Crippen molar-refractivity contribution in [1.29, 1.82) is 0 Å². The molecule has 1 amide bonds. The highest BCUT2D eigenvalue weighted by Crippen LogP contribution is 2.36. The summed E-state index contributed by atoms with van der Waals surface area (Å²) in [7, 11) is 1.66. The molecule has 1 aliphatic carbocycles. The number of amides is 1. The minimum atomic E-state index is 0.0409. The van der Waals surface area contributed by atoms with Crippen molar-refractivity contribution in [3.63, 3.8) is 0 Å². The average molecular weight is 229 g/mol. The Morgan fingerprint density at radius 3 is 2.94 bits per heavy atom. The van der Waals surface area contributed by atoms with Crippen LogP contribution >= 0.6 is 0 Å². The number of rotatable bonds is 1. The molecule has 1 aromatic rings. The second kappa shape index (κ2) is 3.91. The monoisotopic (exact) mass is 229 g/mol. The van der Waals surface area contributed by atoms with Gasteiger partial charge < -0.3 is 10.1 Å². The first-order chi connectivity index (χ1) is 8.29. The van der Waals surface area contributed by atoms with Crippen LogP contribution in [0.15, 0.2) is 30.4 Å². The molecule has 0 fully saturated rings. The zero-order valence-electron chi connectivity index (χ0n) is 9.77. The van der Waals surface area contributed by atoms with Gasteiger partial charge in [0.1, 0.15) is 5.75 Å². The van der Waals surface area contributed by atoms with Gasteiger partial charge >= 0.3 is 0 Å². The van der Waals surface area contributed by atoms with E-state index in [9.17, 15) is 4.79 Å². The van der Waals surface area contributed by atoms with E-state index in [2.05, 4.69) is 17.5 Å². The molecule has 2 aliphatic rings. The highest BCUT2D eigenvalue weighted by Gasteiger charge is 2.33. The molecule has 2 atom stereocenters. The molecule has 0 aromatic heterocycles. The molecule has 1 aromatic carbocycles. The largest absolute Gasteiger partial charge is 0.497 e. The fourth-order valence-electron chi connectivity index (χ4n) is 2.74. The van der Waals surface area contributed by atoms with Crippen LogP contribution in [-0.2, 0) is 0 Å². The Balaban J connectivity index is 2.10. The standard InChI is InChI=1S/C14H15NO2/c1-17-9-6-7-11-12(8-9)10-4-2-3-5-13(10)15-14(11)16/h2-3,6-8,10,13H,4-5H2,1H3,(H,15,16)/t10-,13+/m0/s1. The van der Waals surface area contributed by atoms with Crippen molar-refractivity contribution in [2.45, 2.75) is 24.8 Å². The molecule has 1 heterocycles. The van der Waals surface area contributed by atoms with Gasteiger partial charge in [0.25, 0.3) is 5.91 Å². The Kier molecular flexibility index (Phi) is 2.39. The molecule has 1 aliphatic heterocycles. The van der Waals surface area contributed by atoms with Gasteiger partial charge in [-0.3, -0.25) is 4.79 Å². The van der Waals surface area contributed by atoms with Crippen LogP contribution in [0.25, 0.3) is 0 Å². The summed E-state index contributed by atoms with van der Waals surface area (Å²) in [6.45, 7) is 0. The topological polar surface area (TPSA) is 38.3 Å². The number of ether oxygens (including phenoxy) is 1. The van der Waals surface area contributed by atoms with Crippen LogP contribution in [0.1, 0.15) is 34.7 Å². The number of carbonyl (C=O) groups excluding carboxylic acids is 1. The van der Waals surface area contributed by atoms with E-state index >= 15 is 0 Å². The van der Waals surface area contributed by atoms with E-state index < -0.39 is 0 Å². The number of benzene rings is 1. The van der Waals surface area contributed by atoms with Gasteiger partial charge in [0.2, 0.25) is 0 Å². The Labute approximate surface area is 100 Å². The molecule has 0 unspecified atom stereocenters. The zero-order chi connectivity index (χ0) is 11.8. The van der Waals surface area contributed by atoms with E-state index in [0.717, 1.165) is 29.7 Å². The van der Waals surface area contributed by atoms with E-state index in [-0.39, 0.29) is 11.9 Å². The lowest BCUT2D eigenvalue weighted by molar-refractivity contribution is 0.0913. The van der Waals surface area contributed by atoms with Crippen LogP contribution in [0, 0.1) is 0 Å². The van der Waals surface area contributed by atoms with Crippen molar-refractivity contribution < 1.29 is 9.53 Å². The fraction of sp³-hybridized carbons (Fsp3) is 0.357. The molecule has 0 saturated heterocycles. The van der Waals surface area contributed by atoms with Crippen molar-refractivity contribution >= 4 is 5.91 Å². The first-order valence-electron chi connectivity index (χ1n) is 5.93. The summed E-state index contributed by atoms with van der Waals surface area (Å²) in [4.78, 5) is 12.0. The minimum Gasteiger partial charge on any atom is -0.497 e. The summed E-state index contributed by atoms with van der Waals surface area (Å²) >= 11 is 0. The number of fused-ring (bicyclic) bond motifs is 3. The van der Waals surface area contributed by atoms with Gasteiger partial charge in [-0.05, 0) is 36.6 Å². The molecule has 0 saturated carbocycles. The van der Waals surface area contributed by atoms with Crippen LogP contribution < -0.4 is 10.1 Å². The summed E-state index contributed by atoms with van der Waals surface area (Å²) in [5.74, 6) is 1.26. The van der Waals surface area contributed by atoms with Crippen LogP contribution in [0.3, 0.4) is 0 Å². The van der Waals surface area contributed by atoms with E-state index in [1.165, 1.54) is 0 Å². The molecule has 88 valence electrons. The highest BCUT2D eigenvalue weighted by molar-refractivity contribution is 5.97. The zero-order valence-corrected chi connectivity index (χ0v) is 9.77. The minimum absolute atomic E-state index is 0.0409. The van der Waals surface area contributed by atoms with Crippen LogP contribution in [-0.4, -0.2) is 19.1 Å². The molecule has 3 rings (SSSR count). The van der Waals surface area contributed by atoms with Gasteiger partial charge in [-0.25, -0.2) is 0 Å².